The summed E-state index contributed by atoms with van der Waals surface area (Å²) in [4.78, 5) is 31.1. The molecule has 1 atom stereocenters. The van der Waals surface area contributed by atoms with E-state index < -0.39 is 12.0 Å². The van der Waals surface area contributed by atoms with Crippen LogP contribution in [0.1, 0.15) is 13.3 Å². The van der Waals surface area contributed by atoms with E-state index in [0.29, 0.717) is 22.9 Å². The summed E-state index contributed by atoms with van der Waals surface area (Å²) in [5, 5.41) is 3.38. The van der Waals surface area contributed by atoms with Gasteiger partial charge in [-0.3, -0.25) is 9.69 Å². The van der Waals surface area contributed by atoms with E-state index >= 15 is 0 Å². The first-order valence-electron chi connectivity index (χ1n) is 9.41. The smallest absolute Gasteiger partial charge is 0.328 e. The summed E-state index contributed by atoms with van der Waals surface area (Å²) >= 11 is 7.79. The molecule has 0 bridgehead atoms. The quantitative estimate of drug-likeness (QED) is 0.530. The number of nitrogens with zero attached hydrogens (tertiary/aromatic N) is 2. The molecule has 0 aliphatic carbocycles. The van der Waals surface area contributed by atoms with Gasteiger partial charge < -0.3 is 9.47 Å². The number of methoxy groups -OCH3 is 1. The topological polar surface area (TPSA) is 68.7 Å². The highest BCUT2D eigenvalue weighted by Gasteiger charge is 2.35. The number of amides is 1. The largest absolute Gasteiger partial charge is 0.482 e. The van der Waals surface area contributed by atoms with E-state index in [1.807, 2.05) is 48.7 Å². The minimum Gasteiger partial charge on any atom is -0.482 e. The lowest BCUT2D eigenvalue weighted by Gasteiger charge is -2.34. The number of anilines is 1. The minimum absolute atomic E-state index is 0.118. The molecule has 0 saturated heterocycles. The number of halogens is 1. The van der Waals surface area contributed by atoms with E-state index in [1.54, 1.807) is 6.07 Å². The zero-order valence-corrected chi connectivity index (χ0v) is 18.0. The molecule has 0 saturated carbocycles. The van der Waals surface area contributed by atoms with Gasteiger partial charge >= 0.3 is 5.97 Å². The van der Waals surface area contributed by atoms with E-state index in [-0.39, 0.29) is 12.5 Å². The fraction of sp³-hybridized carbons (Fsp3) is 0.227. The Bertz CT molecular complexity index is 1110. The van der Waals surface area contributed by atoms with Crippen LogP contribution >= 0.6 is 22.9 Å². The van der Waals surface area contributed by atoms with Gasteiger partial charge in [0, 0.05) is 16.5 Å². The highest BCUT2D eigenvalue weighted by molar-refractivity contribution is 7.13. The van der Waals surface area contributed by atoms with Crippen molar-refractivity contribution in [1.82, 2.24) is 4.98 Å². The molecule has 1 aliphatic heterocycles. The highest BCUT2D eigenvalue weighted by atomic mass is 35.5. The Hall–Kier alpha value is -2.90. The Kier molecular flexibility index (Phi) is 5.74. The fourth-order valence-electron chi connectivity index (χ4n) is 3.43. The number of carbonyl (C=O) groups excluding carboxylic acids is 2. The summed E-state index contributed by atoms with van der Waals surface area (Å²) in [7, 11) is 1.32. The molecular weight excluding hydrogens is 424 g/mol. The second-order valence-electron chi connectivity index (χ2n) is 6.70. The van der Waals surface area contributed by atoms with Crippen LogP contribution in [0.5, 0.6) is 5.75 Å². The Labute approximate surface area is 183 Å². The molecule has 1 amide bonds. The number of hydrogen-bond donors (Lipinski definition) is 0. The first kappa shape index (κ1) is 20.4. The molecule has 0 N–H and O–H groups in total. The molecule has 1 aromatic heterocycles. The van der Waals surface area contributed by atoms with Crippen molar-refractivity contribution in [2.45, 2.75) is 19.4 Å². The van der Waals surface area contributed by atoms with Gasteiger partial charge in [0.15, 0.2) is 6.61 Å². The van der Waals surface area contributed by atoms with E-state index in [2.05, 4.69) is 0 Å². The van der Waals surface area contributed by atoms with Crippen LogP contribution in [0.2, 0.25) is 5.02 Å². The van der Waals surface area contributed by atoms with Crippen LogP contribution in [-0.2, 0) is 14.3 Å². The van der Waals surface area contributed by atoms with Gasteiger partial charge in [0.25, 0.3) is 5.91 Å². The van der Waals surface area contributed by atoms with E-state index in [1.165, 1.54) is 23.3 Å². The van der Waals surface area contributed by atoms with Crippen LogP contribution in [0, 0.1) is 0 Å². The average molecular weight is 443 g/mol. The molecule has 4 rings (SSSR count). The Morgan fingerprint density at radius 2 is 2.13 bits per heavy atom. The van der Waals surface area contributed by atoms with Gasteiger partial charge in [0.2, 0.25) is 0 Å². The Morgan fingerprint density at radius 3 is 2.87 bits per heavy atom. The third-order valence-electron chi connectivity index (χ3n) is 4.91. The maximum atomic E-state index is 12.6. The molecule has 1 aliphatic rings. The molecule has 6 nitrogen and oxygen atoms in total. The number of thiazole rings is 1. The number of carbonyl (C=O) groups is 2. The van der Waals surface area contributed by atoms with Gasteiger partial charge in [-0.05, 0) is 30.7 Å². The second-order valence-corrected chi connectivity index (χ2v) is 7.97. The van der Waals surface area contributed by atoms with E-state index in [4.69, 9.17) is 26.1 Å². The molecule has 3 aromatic rings. The van der Waals surface area contributed by atoms with Crippen LogP contribution in [-0.4, -0.2) is 36.6 Å². The predicted molar refractivity (Wildman–Crippen MR) is 117 cm³/mol. The summed E-state index contributed by atoms with van der Waals surface area (Å²) in [5.41, 5.74) is 2.96. The van der Waals surface area contributed by atoms with Crippen molar-refractivity contribution >= 4 is 40.5 Å². The molecule has 0 radical (unpaired) electrons. The molecular formula is C22H19ClN2O4S. The van der Waals surface area contributed by atoms with Crippen molar-refractivity contribution in [3.8, 4) is 27.6 Å². The molecule has 2 aromatic carbocycles. The zero-order chi connectivity index (χ0) is 21.3. The van der Waals surface area contributed by atoms with Gasteiger partial charge in [0.05, 0.1) is 23.5 Å². The maximum Gasteiger partial charge on any atom is 0.328 e. The molecule has 0 spiro atoms. The van der Waals surface area contributed by atoms with Gasteiger partial charge in [-0.15, -0.1) is 11.3 Å². The summed E-state index contributed by atoms with van der Waals surface area (Å²) < 4.78 is 10.5. The third kappa shape index (κ3) is 3.66. The van der Waals surface area contributed by atoms with Gasteiger partial charge in [0.1, 0.15) is 16.8 Å². The first-order chi connectivity index (χ1) is 14.5. The number of aromatic nitrogens is 1. The molecule has 30 heavy (non-hydrogen) atoms. The molecule has 1 unspecified atom stereocenters. The SMILES string of the molecule is CCC(C(=O)OC)N1C(=O)COc2ccc(-c3csc(-c4ccccc4Cl)n3)cc21. The van der Waals surface area contributed by atoms with Crippen molar-refractivity contribution < 1.29 is 19.1 Å². The third-order valence-corrected chi connectivity index (χ3v) is 6.12. The summed E-state index contributed by atoms with van der Waals surface area (Å²) in [6, 6.07) is 12.3. The van der Waals surface area contributed by atoms with Crippen LogP contribution in [0.4, 0.5) is 5.69 Å². The van der Waals surface area contributed by atoms with Crippen LogP contribution in [0.15, 0.2) is 47.8 Å². The Balaban J connectivity index is 1.74. The second kappa shape index (κ2) is 8.45. The standard InChI is InChI=1S/C22H19ClN2O4S/c1-3-17(22(27)28-2)25-18-10-13(8-9-19(18)29-11-20(25)26)16-12-30-21(24-16)14-6-4-5-7-15(14)23/h4-10,12,17H,3,11H2,1-2H3. The van der Waals surface area contributed by atoms with Crippen molar-refractivity contribution in [2.75, 3.05) is 18.6 Å². The lowest BCUT2D eigenvalue weighted by molar-refractivity contribution is -0.144. The van der Waals surface area contributed by atoms with E-state index in [0.717, 1.165) is 21.8 Å². The molecule has 2 heterocycles. The fourth-order valence-corrected chi connectivity index (χ4v) is 4.58. The van der Waals surface area contributed by atoms with Gasteiger partial charge in [-0.25, -0.2) is 9.78 Å². The number of rotatable bonds is 5. The van der Waals surface area contributed by atoms with Crippen molar-refractivity contribution in [3.63, 3.8) is 0 Å². The average Bonchev–Trinajstić information content (AvgIpc) is 3.25. The molecule has 154 valence electrons. The lowest BCUT2D eigenvalue weighted by atomic mass is 10.1. The number of ether oxygens (including phenoxy) is 2. The van der Waals surface area contributed by atoms with Crippen molar-refractivity contribution in [2.24, 2.45) is 0 Å². The number of fused-ring (bicyclic) bond motifs is 1. The Morgan fingerprint density at radius 1 is 1.33 bits per heavy atom. The number of benzene rings is 2. The zero-order valence-electron chi connectivity index (χ0n) is 16.4. The molecule has 8 heteroatoms. The first-order valence-corrected chi connectivity index (χ1v) is 10.7. The molecule has 0 fully saturated rings. The number of hydrogen-bond acceptors (Lipinski definition) is 6. The maximum absolute atomic E-state index is 12.6. The summed E-state index contributed by atoms with van der Waals surface area (Å²) in [6.45, 7) is 1.72. The van der Waals surface area contributed by atoms with Gasteiger partial charge in [-0.2, -0.15) is 0 Å². The van der Waals surface area contributed by atoms with E-state index in [9.17, 15) is 9.59 Å². The van der Waals surface area contributed by atoms with Crippen LogP contribution in [0.3, 0.4) is 0 Å². The van der Waals surface area contributed by atoms with Crippen molar-refractivity contribution in [3.05, 3.63) is 52.9 Å². The van der Waals surface area contributed by atoms with Crippen LogP contribution < -0.4 is 9.64 Å². The predicted octanol–water partition coefficient (Wildman–Crippen LogP) is 4.81. The lowest BCUT2D eigenvalue weighted by Crippen LogP contribution is -2.49. The normalized spacial score (nSPS) is 14.1. The highest BCUT2D eigenvalue weighted by Crippen LogP contribution is 2.39. The van der Waals surface area contributed by atoms with Crippen LogP contribution in [0.25, 0.3) is 21.8 Å². The summed E-state index contributed by atoms with van der Waals surface area (Å²) in [5.74, 6) is -0.201. The van der Waals surface area contributed by atoms with Gasteiger partial charge in [-0.1, -0.05) is 36.7 Å². The minimum atomic E-state index is -0.713. The summed E-state index contributed by atoms with van der Waals surface area (Å²) in [6.07, 6.45) is 0.426. The monoisotopic (exact) mass is 442 g/mol. The van der Waals surface area contributed by atoms with Crippen molar-refractivity contribution in [1.29, 1.82) is 0 Å². The number of esters is 1.